The fraction of sp³-hybridized carbons (Fsp3) is 0.278. The van der Waals surface area contributed by atoms with E-state index in [0.29, 0.717) is 11.3 Å². The summed E-state index contributed by atoms with van der Waals surface area (Å²) in [6.45, 7) is 5.17. The fourth-order valence-corrected chi connectivity index (χ4v) is 2.23. The number of nitrogens with zero attached hydrogens (tertiary/aromatic N) is 3. The maximum Gasteiger partial charge on any atom is 0.193 e. The standard InChI is InChI=1S/C18H20FN3O/c1-3-22(4-2)17-11-9-16(10-12-17)21-20-15-7-5-14(6-8-15)18(23)13-19/h5-12H,3-4,13H2,1-2H3. The molecule has 0 aliphatic heterocycles. The minimum Gasteiger partial charge on any atom is -0.372 e. The zero-order valence-corrected chi connectivity index (χ0v) is 13.4. The second kappa shape index (κ2) is 8.17. The van der Waals surface area contributed by atoms with Crippen molar-refractivity contribution in [2.24, 2.45) is 10.2 Å². The Hall–Kier alpha value is -2.56. The molecule has 0 aliphatic rings. The van der Waals surface area contributed by atoms with Crippen molar-refractivity contribution in [3.63, 3.8) is 0 Å². The maximum absolute atomic E-state index is 12.3. The van der Waals surface area contributed by atoms with Crippen molar-refractivity contribution >= 4 is 22.8 Å². The summed E-state index contributed by atoms with van der Waals surface area (Å²) in [4.78, 5) is 13.5. The highest BCUT2D eigenvalue weighted by molar-refractivity contribution is 5.97. The molecule has 0 N–H and O–H groups in total. The number of rotatable bonds is 7. The van der Waals surface area contributed by atoms with E-state index in [-0.39, 0.29) is 0 Å². The first-order valence-electron chi connectivity index (χ1n) is 7.64. The molecule has 0 bridgehead atoms. The van der Waals surface area contributed by atoms with Crippen LogP contribution in [0.3, 0.4) is 0 Å². The van der Waals surface area contributed by atoms with Gasteiger partial charge in [-0.05, 0) is 62.4 Å². The third-order valence-corrected chi connectivity index (χ3v) is 3.57. The van der Waals surface area contributed by atoms with E-state index in [9.17, 15) is 9.18 Å². The van der Waals surface area contributed by atoms with E-state index in [1.165, 1.54) is 0 Å². The van der Waals surface area contributed by atoms with Crippen molar-refractivity contribution in [3.8, 4) is 0 Å². The fourth-order valence-electron chi connectivity index (χ4n) is 2.23. The number of Topliss-reactive ketones (excluding diaryl/α,β-unsaturated/α-hetero) is 1. The van der Waals surface area contributed by atoms with Crippen molar-refractivity contribution in [3.05, 3.63) is 54.1 Å². The van der Waals surface area contributed by atoms with Crippen LogP contribution in [0.1, 0.15) is 24.2 Å². The number of ketones is 1. The molecule has 2 aromatic rings. The van der Waals surface area contributed by atoms with E-state index in [1.54, 1.807) is 24.3 Å². The second-order valence-corrected chi connectivity index (χ2v) is 4.99. The van der Waals surface area contributed by atoms with Gasteiger partial charge in [-0.25, -0.2) is 4.39 Å². The molecule has 0 aromatic heterocycles. The molecule has 0 aliphatic carbocycles. The Labute approximate surface area is 135 Å². The Morgan fingerprint density at radius 1 is 0.913 bits per heavy atom. The average molecular weight is 313 g/mol. The van der Waals surface area contributed by atoms with Crippen molar-refractivity contribution < 1.29 is 9.18 Å². The number of carbonyl (C=O) groups is 1. The molecule has 0 spiro atoms. The lowest BCUT2D eigenvalue weighted by molar-refractivity contribution is 0.0958. The van der Waals surface area contributed by atoms with Crippen LogP contribution in [-0.2, 0) is 0 Å². The summed E-state index contributed by atoms with van der Waals surface area (Å²) in [5.74, 6) is -0.527. The van der Waals surface area contributed by atoms with Crippen molar-refractivity contribution in [2.75, 3.05) is 24.7 Å². The van der Waals surface area contributed by atoms with Gasteiger partial charge in [0.2, 0.25) is 0 Å². The molecule has 2 rings (SSSR count). The second-order valence-electron chi connectivity index (χ2n) is 4.99. The highest BCUT2D eigenvalue weighted by Gasteiger charge is 2.04. The van der Waals surface area contributed by atoms with Crippen LogP contribution in [0.15, 0.2) is 58.8 Å². The van der Waals surface area contributed by atoms with E-state index in [1.807, 2.05) is 24.3 Å². The van der Waals surface area contributed by atoms with Gasteiger partial charge in [-0.1, -0.05) is 0 Å². The maximum atomic E-state index is 12.3. The Balaban J connectivity index is 2.06. The van der Waals surface area contributed by atoms with Gasteiger partial charge in [-0.2, -0.15) is 10.2 Å². The quantitative estimate of drug-likeness (QED) is 0.527. The molecular formula is C18H20FN3O. The molecule has 0 saturated carbocycles. The van der Waals surface area contributed by atoms with Crippen LogP contribution < -0.4 is 4.90 Å². The number of azo groups is 1. The van der Waals surface area contributed by atoms with E-state index in [2.05, 4.69) is 29.0 Å². The molecule has 0 fully saturated rings. The third-order valence-electron chi connectivity index (χ3n) is 3.57. The molecule has 0 unspecified atom stereocenters. The summed E-state index contributed by atoms with van der Waals surface area (Å²) in [5.41, 5.74) is 2.87. The molecule has 2 aromatic carbocycles. The molecule has 0 heterocycles. The van der Waals surface area contributed by atoms with Crippen molar-refractivity contribution in [2.45, 2.75) is 13.8 Å². The third kappa shape index (κ3) is 4.45. The summed E-state index contributed by atoms with van der Waals surface area (Å²) in [7, 11) is 0. The van der Waals surface area contributed by atoms with E-state index in [4.69, 9.17) is 0 Å². The molecule has 0 saturated heterocycles. The monoisotopic (exact) mass is 313 g/mol. The largest absolute Gasteiger partial charge is 0.372 e. The van der Waals surface area contributed by atoms with Gasteiger partial charge in [0.15, 0.2) is 12.5 Å². The van der Waals surface area contributed by atoms with Crippen LogP contribution in [-0.4, -0.2) is 25.5 Å². The summed E-state index contributed by atoms with van der Waals surface area (Å²) in [6, 6.07) is 14.3. The Bertz CT molecular complexity index is 662. The summed E-state index contributed by atoms with van der Waals surface area (Å²) < 4.78 is 12.3. The van der Waals surface area contributed by atoms with E-state index in [0.717, 1.165) is 24.5 Å². The predicted octanol–water partition coefficient (Wildman–Crippen LogP) is 5.10. The van der Waals surface area contributed by atoms with Crippen LogP contribution >= 0.6 is 0 Å². The highest BCUT2D eigenvalue weighted by atomic mass is 19.1. The first kappa shape index (κ1) is 16.8. The Morgan fingerprint density at radius 2 is 1.39 bits per heavy atom. The molecule has 5 heteroatoms. The average Bonchev–Trinajstić information content (AvgIpc) is 2.62. The van der Waals surface area contributed by atoms with Crippen molar-refractivity contribution in [1.82, 2.24) is 0 Å². The van der Waals surface area contributed by atoms with Gasteiger partial charge >= 0.3 is 0 Å². The molecule has 0 radical (unpaired) electrons. The van der Waals surface area contributed by atoms with Gasteiger partial charge in [0.1, 0.15) is 0 Å². The number of alkyl halides is 1. The first-order valence-corrected chi connectivity index (χ1v) is 7.64. The number of carbonyl (C=O) groups excluding carboxylic acids is 1. The zero-order chi connectivity index (χ0) is 16.7. The number of hydrogen-bond donors (Lipinski definition) is 0. The lowest BCUT2D eigenvalue weighted by Gasteiger charge is -2.20. The van der Waals surface area contributed by atoms with Gasteiger partial charge in [0, 0.05) is 24.3 Å². The number of hydrogen-bond acceptors (Lipinski definition) is 4. The normalized spacial score (nSPS) is 10.9. The molecular weight excluding hydrogens is 293 g/mol. The Kier molecular flexibility index (Phi) is 5.97. The number of anilines is 1. The lowest BCUT2D eigenvalue weighted by Crippen LogP contribution is -2.21. The molecule has 0 amide bonds. The Morgan fingerprint density at radius 3 is 1.83 bits per heavy atom. The summed E-state index contributed by atoms with van der Waals surface area (Å²) in [6.07, 6.45) is 0. The SMILES string of the molecule is CCN(CC)c1ccc(N=Nc2ccc(C(=O)CF)cc2)cc1. The smallest absolute Gasteiger partial charge is 0.193 e. The molecule has 4 nitrogen and oxygen atoms in total. The van der Waals surface area contributed by atoms with Crippen LogP contribution in [0.4, 0.5) is 21.5 Å². The van der Waals surface area contributed by atoms with E-state index >= 15 is 0 Å². The van der Waals surface area contributed by atoms with Gasteiger partial charge in [-0.3, -0.25) is 4.79 Å². The lowest BCUT2D eigenvalue weighted by atomic mass is 10.1. The highest BCUT2D eigenvalue weighted by Crippen LogP contribution is 2.22. The van der Waals surface area contributed by atoms with Crippen LogP contribution in [0.25, 0.3) is 0 Å². The molecule has 0 atom stereocenters. The predicted molar refractivity (Wildman–Crippen MR) is 90.9 cm³/mol. The molecule has 23 heavy (non-hydrogen) atoms. The van der Waals surface area contributed by atoms with Crippen molar-refractivity contribution in [1.29, 1.82) is 0 Å². The van der Waals surface area contributed by atoms with Gasteiger partial charge in [0.25, 0.3) is 0 Å². The zero-order valence-electron chi connectivity index (χ0n) is 13.4. The number of halogens is 1. The minimum absolute atomic E-state index is 0.343. The van der Waals surface area contributed by atoms with Crippen LogP contribution in [0.2, 0.25) is 0 Å². The first-order chi connectivity index (χ1) is 11.2. The summed E-state index contributed by atoms with van der Waals surface area (Å²) in [5, 5.41) is 8.29. The molecule has 120 valence electrons. The van der Waals surface area contributed by atoms with E-state index < -0.39 is 12.5 Å². The topological polar surface area (TPSA) is 45.0 Å². The minimum atomic E-state index is -0.986. The van der Waals surface area contributed by atoms with Gasteiger partial charge in [-0.15, -0.1) is 0 Å². The number of benzene rings is 2. The summed E-state index contributed by atoms with van der Waals surface area (Å²) >= 11 is 0. The van der Waals surface area contributed by atoms with Gasteiger partial charge < -0.3 is 4.90 Å². The van der Waals surface area contributed by atoms with Crippen LogP contribution in [0.5, 0.6) is 0 Å². The van der Waals surface area contributed by atoms with Crippen LogP contribution in [0, 0.1) is 0 Å². The van der Waals surface area contributed by atoms with Gasteiger partial charge in [0.05, 0.1) is 11.4 Å².